The molecule has 0 rings (SSSR count). The van der Waals surface area contributed by atoms with Crippen molar-refractivity contribution in [3.63, 3.8) is 0 Å². The number of nitrogens with one attached hydrogen (secondary N) is 1. The molecule has 0 saturated carbocycles. The fourth-order valence-corrected chi connectivity index (χ4v) is 1.39. The number of hydrogen-bond acceptors (Lipinski definition) is 4. The van der Waals surface area contributed by atoms with E-state index in [1.165, 1.54) is 0 Å². The molecule has 17 heavy (non-hydrogen) atoms. The number of carbonyl (C=O) groups excluding carboxylic acids is 1. The number of rotatable bonds is 6. The zero-order valence-electron chi connectivity index (χ0n) is 12.2. The molecule has 0 aromatic rings. The average molecular weight is 245 g/mol. The van der Waals surface area contributed by atoms with Crippen LogP contribution in [0.2, 0.25) is 0 Å². The van der Waals surface area contributed by atoms with Gasteiger partial charge < -0.3 is 9.47 Å². The molecular weight excluding hydrogens is 218 g/mol. The maximum atomic E-state index is 11.8. The lowest BCUT2D eigenvalue weighted by molar-refractivity contribution is -0.157. The van der Waals surface area contributed by atoms with Gasteiger partial charge in [-0.15, -0.1) is 0 Å². The molecule has 1 N–H and O–H groups in total. The van der Waals surface area contributed by atoms with Crippen molar-refractivity contribution in [2.45, 2.75) is 59.2 Å². The first-order chi connectivity index (χ1) is 7.67. The van der Waals surface area contributed by atoms with E-state index in [1.54, 1.807) is 7.11 Å². The SMILES string of the molecule is COCC(NC(C)C(=O)OC(C)(C)C)C(C)C. The van der Waals surface area contributed by atoms with E-state index in [1.807, 2.05) is 27.7 Å². The number of ether oxygens (including phenoxy) is 2. The molecule has 0 amide bonds. The molecule has 102 valence electrons. The smallest absolute Gasteiger partial charge is 0.323 e. The Morgan fingerprint density at radius 2 is 1.76 bits per heavy atom. The summed E-state index contributed by atoms with van der Waals surface area (Å²) in [6.45, 7) is 12.2. The molecule has 0 aliphatic carbocycles. The van der Waals surface area contributed by atoms with E-state index in [9.17, 15) is 4.79 Å². The molecule has 0 aromatic carbocycles. The Hall–Kier alpha value is -0.610. The molecular formula is C13H27NO3. The summed E-state index contributed by atoms with van der Waals surface area (Å²) in [5, 5.41) is 3.24. The molecule has 0 saturated heterocycles. The van der Waals surface area contributed by atoms with Gasteiger partial charge in [0.15, 0.2) is 0 Å². The third-order valence-corrected chi connectivity index (χ3v) is 2.38. The minimum Gasteiger partial charge on any atom is -0.459 e. The number of esters is 1. The van der Waals surface area contributed by atoms with Crippen LogP contribution in [0.4, 0.5) is 0 Å². The van der Waals surface area contributed by atoms with Gasteiger partial charge in [0.25, 0.3) is 0 Å². The van der Waals surface area contributed by atoms with Crippen molar-refractivity contribution < 1.29 is 14.3 Å². The van der Waals surface area contributed by atoms with E-state index in [0.29, 0.717) is 12.5 Å². The van der Waals surface area contributed by atoms with Gasteiger partial charge in [0.05, 0.1) is 6.61 Å². The molecule has 0 radical (unpaired) electrons. The largest absolute Gasteiger partial charge is 0.459 e. The Bertz CT molecular complexity index is 233. The van der Waals surface area contributed by atoms with Crippen molar-refractivity contribution >= 4 is 5.97 Å². The lowest BCUT2D eigenvalue weighted by Crippen LogP contribution is -2.48. The van der Waals surface area contributed by atoms with E-state index in [2.05, 4.69) is 19.2 Å². The highest BCUT2D eigenvalue weighted by Crippen LogP contribution is 2.10. The Balaban J connectivity index is 4.30. The summed E-state index contributed by atoms with van der Waals surface area (Å²) >= 11 is 0. The molecule has 2 unspecified atom stereocenters. The van der Waals surface area contributed by atoms with Crippen LogP contribution in [0, 0.1) is 5.92 Å². The van der Waals surface area contributed by atoms with Crippen molar-refractivity contribution in [2.24, 2.45) is 5.92 Å². The molecule has 4 nitrogen and oxygen atoms in total. The van der Waals surface area contributed by atoms with Gasteiger partial charge in [-0.1, -0.05) is 13.8 Å². The summed E-state index contributed by atoms with van der Waals surface area (Å²) in [4.78, 5) is 11.8. The van der Waals surface area contributed by atoms with Crippen LogP contribution in [0.25, 0.3) is 0 Å². The average Bonchev–Trinajstić information content (AvgIpc) is 2.13. The summed E-state index contributed by atoms with van der Waals surface area (Å²) in [6, 6.07) is -0.167. The Kier molecular flexibility index (Phi) is 6.72. The first-order valence-electron chi connectivity index (χ1n) is 6.15. The van der Waals surface area contributed by atoms with Crippen LogP contribution < -0.4 is 5.32 Å². The third-order valence-electron chi connectivity index (χ3n) is 2.38. The van der Waals surface area contributed by atoms with Crippen LogP contribution in [0.5, 0.6) is 0 Å². The maximum absolute atomic E-state index is 11.8. The minimum absolute atomic E-state index is 0.155. The van der Waals surface area contributed by atoms with Crippen molar-refractivity contribution in [3.05, 3.63) is 0 Å². The van der Waals surface area contributed by atoms with Gasteiger partial charge in [-0.25, -0.2) is 0 Å². The number of hydrogen-bond donors (Lipinski definition) is 1. The van der Waals surface area contributed by atoms with Crippen LogP contribution in [0.15, 0.2) is 0 Å². The summed E-state index contributed by atoms with van der Waals surface area (Å²) in [5.74, 6) is 0.180. The summed E-state index contributed by atoms with van der Waals surface area (Å²) in [7, 11) is 1.66. The number of methoxy groups -OCH3 is 1. The summed E-state index contributed by atoms with van der Waals surface area (Å²) in [6.07, 6.45) is 0. The molecule has 0 spiro atoms. The maximum Gasteiger partial charge on any atom is 0.323 e. The van der Waals surface area contributed by atoms with Crippen molar-refractivity contribution in [1.29, 1.82) is 0 Å². The van der Waals surface area contributed by atoms with E-state index >= 15 is 0 Å². The standard InChI is InChI=1S/C13H27NO3/c1-9(2)11(8-16-7)14-10(3)12(15)17-13(4,5)6/h9-11,14H,8H2,1-7H3. The van der Waals surface area contributed by atoms with Crippen LogP contribution in [0.3, 0.4) is 0 Å². The topological polar surface area (TPSA) is 47.6 Å². The van der Waals surface area contributed by atoms with Crippen LogP contribution in [0.1, 0.15) is 41.5 Å². The Morgan fingerprint density at radius 3 is 2.12 bits per heavy atom. The van der Waals surface area contributed by atoms with Gasteiger partial charge >= 0.3 is 5.97 Å². The van der Waals surface area contributed by atoms with E-state index in [4.69, 9.17) is 9.47 Å². The Labute approximate surface area is 105 Å². The predicted octanol–water partition coefficient (Wildman–Crippen LogP) is 1.98. The van der Waals surface area contributed by atoms with Crippen LogP contribution in [-0.4, -0.2) is 37.4 Å². The number of carbonyl (C=O) groups is 1. The Morgan fingerprint density at radius 1 is 1.24 bits per heavy atom. The molecule has 0 aromatic heterocycles. The molecule has 0 fully saturated rings. The first-order valence-corrected chi connectivity index (χ1v) is 6.15. The third kappa shape index (κ3) is 7.34. The van der Waals surface area contributed by atoms with E-state index < -0.39 is 5.60 Å². The zero-order valence-corrected chi connectivity index (χ0v) is 12.2. The van der Waals surface area contributed by atoms with Crippen LogP contribution >= 0.6 is 0 Å². The highest BCUT2D eigenvalue weighted by atomic mass is 16.6. The summed E-state index contributed by atoms with van der Waals surface area (Å²) in [5.41, 5.74) is -0.443. The highest BCUT2D eigenvalue weighted by molar-refractivity contribution is 5.75. The second-order valence-electron chi connectivity index (χ2n) is 5.73. The highest BCUT2D eigenvalue weighted by Gasteiger charge is 2.24. The molecule has 4 heteroatoms. The zero-order chi connectivity index (χ0) is 13.6. The molecule has 0 bridgehead atoms. The van der Waals surface area contributed by atoms with Gasteiger partial charge in [-0.05, 0) is 33.6 Å². The van der Waals surface area contributed by atoms with E-state index in [0.717, 1.165) is 0 Å². The predicted molar refractivity (Wildman–Crippen MR) is 68.9 cm³/mol. The quantitative estimate of drug-likeness (QED) is 0.727. The van der Waals surface area contributed by atoms with Crippen molar-refractivity contribution in [1.82, 2.24) is 5.32 Å². The molecule has 0 heterocycles. The van der Waals surface area contributed by atoms with Gasteiger partial charge in [0.1, 0.15) is 11.6 Å². The summed E-state index contributed by atoms with van der Waals surface area (Å²) < 4.78 is 10.4. The monoisotopic (exact) mass is 245 g/mol. The first kappa shape index (κ1) is 16.4. The van der Waals surface area contributed by atoms with Crippen molar-refractivity contribution in [2.75, 3.05) is 13.7 Å². The van der Waals surface area contributed by atoms with Gasteiger partial charge in [-0.2, -0.15) is 0 Å². The molecule has 0 aliphatic rings. The van der Waals surface area contributed by atoms with Crippen LogP contribution in [-0.2, 0) is 14.3 Å². The lowest BCUT2D eigenvalue weighted by Gasteiger charge is -2.27. The van der Waals surface area contributed by atoms with Crippen molar-refractivity contribution in [3.8, 4) is 0 Å². The fourth-order valence-electron chi connectivity index (χ4n) is 1.39. The molecule has 0 aliphatic heterocycles. The van der Waals surface area contributed by atoms with E-state index in [-0.39, 0.29) is 18.1 Å². The normalized spacial score (nSPS) is 15.8. The lowest BCUT2D eigenvalue weighted by atomic mass is 10.0. The van der Waals surface area contributed by atoms with Gasteiger partial charge in [0.2, 0.25) is 0 Å². The minimum atomic E-state index is -0.443. The second-order valence-corrected chi connectivity index (χ2v) is 5.73. The second kappa shape index (κ2) is 6.97. The fraction of sp³-hybridized carbons (Fsp3) is 0.923. The van der Waals surface area contributed by atoms with Gasteiger partial charge in [-0.3, -0.25) is 10.1 Å². The van der Waals surface area contributed by atoms with Gasteiger partial charge in [0, 0.05) is 13.2 Å². The molecule has 2 atom stereocenters.